The van der Waals surface area contributed by atoms with Gasteiger partial charge in [-0.3, -0.25) is 4.79 Å². The SMILES string of the molecule is COc1cccc(N2[C@H]3CCCN(C(=O)c4ccc(OCC(=O)O)cc4)[C@H]3CC2(C)C)c1. The number of rotatable bonds is 6. The number of fused-ring (bicyclic) bond motifs is 1. The van der Waals surface area contributed by atoms with E-state index in [-0.39, 0.29) is 23.5 Å². The zero-order valence-electron chi connectivity index (χ0n) is 18.8. The summed E-state index contributed by atoms with van der Waals surface area (Å²) in [5.74, 6) is 0.240. The number of carboxylic acids is 1. The minimum Gasteiger partial charge on any atom is -0.497 e. The van der Waals surface area contributed by atoms with Crippen molar-refractivity contribution in [1.29, 1.82) is 0 Å². The molecule has 32 heavy (non-hydrogen) atoms. The van der Waals surface area contributed by atoms with Crippen molar-refractivity contribution in [3.8, 4) is 11.5 Å². The van der Waals surface area contributed by atoms with Crippen LogP contribution in [0.3, 0.4) is 0 Å². The Kier molecular flexibility index (Phi) is 6.00. The zero-order valence-corrected chi connectivity index (χ0v) is 18.8. The predicted octanol–water partition coefficient (Wildman–Crippen LogP) is 3.82. The lowest BCUT2D eigenvalue weighted by Gasteiger charge is -2.42. The molecular weight excluding hydrogens is 408 g/mol. The number of piperidine rings is 1. The van der Waals surface area contributed by atoms with Crippen molar-refractivity contribution in [2.24, 2.45) is 0 Å². The third-order valence-corrected chi connectivity index (χ3v) is 6.49. The summed E-state index contributed by atoms with van der Waals surface area (Å²) in [6.45, 7) is 4.81. The lowest BCUT2D eigenvalue weighted by molar-refractivity contribution is -0.139. The third-order valence-electron chi connectivity index (χ3n) is 6.49. The topological polar surface area (TPSA) is 79.3 Å². The maximum absolute atomic E-state index is 13.4. The number of anilines is 1. The zero-order chi connectivity index (χ0) is 22.9. The Morgan fingerprint density at radius 2 is 1.84 bits per heavy atom. The molecule has 7 nitrogen and oxygen atoms in total. The molecule has 2 heterocycles. The van der Waals surface area contributed by atoms with Gasteiger partial charge in [-0.05, 0) is 69.5 Å². The van der Waals surface area contributed by atoms with Crippen molar-refractivity contribution in [2.45, 2.75) is 50.7 Å². The Morgan fingerprint density at radius 1 is 1.09 bits per heavy atom. The van der Waals surface area contributed by atoms with E-state index in [1.165, 1.54) is 0 Å². The summed E-state index contributed by atoms with van der Waals surface area (Å²) in [4.78, 5) is 28.6. The van der Waals surface area contributed by atoms with E-state index in [0.717, 1.165) is 37.2 Å². The molecule has 0 saturated carbocycles. The molecular formula is C25H30N2O5. The Bertz CT molecular complexity index is 988. The molecule has 2 aliphatic heterocycles. The molecule has 1 N–H and O–H groups in total. The average Bonchev–Trinajstić information content (AvgIpc) is 3.07. The molecule has 0 bridgehead atoms. The van der Waals surface area contributed by atoms with E-state index in [0.29, 0.717) is 11.3 Å². The van der Waals surface area contributed by atoms with E-state index in [1.807, 2.05) is 17.0 Å². The first kappa shape index (κ1) is 22.0. The molecule has 2 fully saturated rings. The highest BCUT2D eigenvalue weighted by molar-refractivity contribution is 5.94. The van der Waals surface area contributed by atoms with Crippen LogP contribution < -0.4 is 14.4 Å². The molecule has 170 valence electrons. The first-order valence-electron chi connectivity index (χ1n) is 11.0. The van der Waals surface area contributed by atoms with Gasteiger partial charge in [0.15, 0.2) is 6.61 Å². The highest BCUT2D eigenvalue weighted by atomic mass is 16.5. The fourth-order valence-electron chi connectivity index (χ4n) is 5.20. The van der Waals surface area contributed by atoms with Crippen LogP contribution in [0.25, 0.3) is 0 Å². The van der Waals surface area contributed by atoms with Gasteiger partial charge in [-0.2, -0.15) is 0 Å². The van der Waals surface area contributed by atoms with Crippen molar-refractivity contribution in [2.75, 3.05) is 25.2 Å². The molecule has 0 radical (unpaired) electrons. The first-order valence-corrected chi connectivity index (χ1v) is 11.0. The maximum Gasteiger partial charge on any atom is 0.341 e. The smallest absolute Gasteiger partial charge is 0.341 e. The van der Waals surface area contributed by atoms with Gasteiger partial charge < -0.3 is 24.4 Å². The van der Waals surface area contributed by atoms with Crippen LogP contribution in [0.4, 0.5) is 5.69 Å². The minimum absolute atomic E-state index is 0.00720. The van der Waals surface area contributed by atoms with E-state index >= 15 is 0 Å². The number of carbonyl (C=O) groups excluding carboxylic acids is 1. The number of methoxy groups -OCH3 is 1. The van der Waals surface area contributed by atoms with Crippen molar-refractivity contribution in [3.63, 3.8) is 0 Å². The molecule has 7 heteroatoms. The van der Waals surface area contributed by atoms with Gasteiger partial charge in [0.1, 0.15) is 11.5 Å². The molecule has 4 rings (SSSR count). The number of amides is 1. The summed E-state index contributed by atoms with van der Waals surface area (Å²) in [6.07, 6.45) is 2.88. The van der Waals surface area contributed by atoms with E-state index < -0.39 is 12.6 Å². The number of carboxylic acid groups (broad SMARTS) is 1. The minimum atomic E-state index is -1.03. The number of ether oxygens (including phenoxy) is 2. The quantitative estimate of drug-likeness (QED) is 0.739. The van der Waals surface area contributed by atoms with Gasteiger partial charge in [0.05, 0.1) is 19.2 Å². The van der Waals surface area contributed by atoms with Crippen LogP contribution in [0.5, 0.6) is 11.5 Å². The molecule has 1 amide bonds. The fourth-order valence-corrected chi connectivity index (χ4v) is 5.20. The average molecular weight is 439 g/mol. The van der Waals surface area contributed by atoms with Crippen LogP contribution in [-0.4, -0.2) is 59.8 Å². The van der Waals surface area contributed by atoms with Gasteiger partial charge in [0.2, 0.25) is 0 Å². The summed E-state index contributed by atoms with van der Waals surface area (Å²) in [5, 5.41) is 8.75. The predicted molar refractivity (Wildman–Crippen MR) is 122 cm³/mol. The van der Waals surface area contributed by atoms with E-state index in [4.69, 9.17) is 14.6 Å². The van der Waals surface area contributed by atoms with Crippen LogP contribution in [0.1, 0.15) is 43.5 Å². The number of nitrogens with zero attached hydrogens (tertiary/aromatic N) is 2. The van der Waals surface area contributed by atoms with Gasteiger partial charge in [0.25, 0.3) is 5.91 Å². The molecule has 2 aromatic rings. The monoisotopic (exact) mass is 438 g/mol. The van der Waals surface area contributed by atoms with Gasteiger partial charge in [-0.15, -0.1) is 0 Å². The first-order chi connectivity index (χ1) is 15.3. The van der Waals surface area contributed by atoms with Crippen molar-refractivity contribution < 1.29 is 24.2 Å². The molecule has 0 unspecified atom stereocenters. The van der Waals surface area contributed by atoms with E-state index in [2.05, 4.69) is 30.9 Å². The molecule has 2 aliphatic rings. The number of hydrogen-bond acceptors (Lipinski definition) is 5. The molecule has 2 atom stereocenters. The third kappa shape index (κ3) is 4.24. The molecule has 0 aliphatic carbocycles. The second-order valence-electron chi connectivity index (χ2n) is 9.07. The van der Waals surface area contributed by atoms with Gasteiger partial charge in [-0.1, -0.05) is 6.07 Å². The standard InChI is InChI=1S/C25H30N2O5/c1-25(2)15-22-21(27(25)18-6-4-7-20(14-18)31-3)8-5-13-26(22)24(30)17-9-11-19(12-10-17)32-16-23(28)29/h4,6-7,9-12,14,21-22H,5,8,13,15-16H2,1-3H3,(H,28,29)/t21-,22-/m0/s1. The summed E-state index contributed by atoms with van der Waals surface area (Å²) in [7, 11) is 1.68. The second-order valence-corrected chi connectivity index (χ2v) is 9.07. The fraction of sp³-hybridized carbons (Fsp3) is 0.440. The molecule has 0 spiro atoms. The van der Waals surface area contributed by atoms with Crippen molar-refractivity contribution >= 4 is 17.6 Å². The summed E-state index contributed by atoms with van der Waals surface area (Å²) < 4.78 is 10.6. The van der Waals surface area contributed by atoms with Crippen LogP contribution in [0.15, 0.2) is 48.5 Å². The maximum atomic E-state index is 13.4. The van der Waals surface area contributed by atoms with Gasteiger partial charge in [-0.25, -0.2) is 4.79 Å². The van der Waals surface area contributed by atoms with Crippen LogP contribution in [0.2, 0.25) is 0 Å². The number of hydrogen-bond donors (Lipinski definition) is 1. The molecule has 2 saturated heterocycles. The number of likely N-dealkylation sites (tertiary alicyclic amines) is 1. The Labute approximate surface area is 188 Å². The lowest BCUT2D eigenvalue weighted by atomic mass is 9.93. The van der Waals surface area contributed by atoms with Gasteiger partial charge >= 0.3 is 5.97 Å². The number of benzene rings is 2. The largest absolute Gasteiger partial charge is 0.497 e. The highest BCUT2D eigenvalue weighted by Crippen LogP contribution is 2.44. The summed E-state index contributed by atoms with van der Waals surface area (Å²) in [5.41, 5.74) is 1.61. The van der Waals surface area contributed by atoms with Crippen LogP contribution in [-0.2, 0) is 4.79 Å². The molecule has 0 aromatic heterocycles. The normalized spacial score (nSPS) is 21.7. The van der Waals surface area contributed by atoms with E-state index in [1.54, 1.807) is 31.4 Å². The second kappa shape index (κ2) is 8.73. The van der Waals surface area contributed by atoms with Gasteiger partial charge in [0, 0.05) is 29.4 Å². The highest BCUT2D eigenvalue weighted by Gasteiger charge is 2.50. The van der Waals surface area contributed by atoms with E-state index in [9.17, 15) is 9.59 Å². The number of carbonyl (C=O) groups is 2. The Morgan fingerprint density at radius 3 is 2.53 bits per heavy atom. The van der Waals surface area contributed by atoms with Crippen molar-refractivity contribution in [1.82, 2.24) is 4.90 Å². The van der Waals surface area contributed by atoms with Crippen LogP contribution >= 0.6 is 0 Å². The summed E-state index contributed by atoms with van der Waals surface area (Å²) in [6, 6.07) is 15.2. The molecule has 2 aromatic carbocycles. The lowest BCUT2D eigenvalue weighted by Crippen LogP contribution is -2.52. The Balaban J connectivity index is 1.55. The van der Waals surface area contributed by atoms with Crippen LogP contribution in [0, 0.1) is 0 Å². The number of aliphatic carboxylic acids is 1. The van der Waals surface area contributed by atoms with Crippen molar-refractivity contribution in [3.05, 3.63) is 54.1 Å². The summed E-state index contributed by atoms with van der Waals surface area (Å²) >= 11 is 0. The Hall–Kier alpha value is -3.22.